The van der Waals surface area contributed by atoms with Crippen LogP contribution in [0.5, 0.6) is 5.88 Å². The predicted octanol–water partition coefficient (Wildman–Crippen LogP) is 3.58. The number of hydrogen-bond donors (Lipinski definition) is 1. The molecule has 2 aromatic rings. The molecule has 1 heterocycles. The van der Waals surface area contributed by atoms with Gasteiger partial charge in [-0.15, -0.1) is 11.8 Å². The van der Waals surface area contributed by atoms with Crippen molar-refractivity contribution >= 4 is 23.4 Å². The van der Waals surface area contributed by atoms with Crippen LogP contribution in [0.1, 0.15) is 18.7 Å². The van der Waals surface area contributed by atoms with Gasteiger partial charge >= 0.3 is 0 Å². The first-order valence-electron chi connectivity index (χ1n) is 6.71. The van der Waals surface area contributed by atoms with Gasteiger partial charge in [-0.05, 0) is 30.8 Å². The minimum Gasteiger partial charge on any atom is -0.480 e. The number of rotatable bonds is 7. The standard InChI is InChI=1S/C15H18ClN3OS/c1-3-17-13(14-15(20-2)19-9-8-18-14)10-21-12-6-4-11(16)5-7-12/h4-9,13,17H,3,10H2,1-2H3. The molecule has 2 rings (SSSR count). The Kier molecular flexibility index (Phi) is 6.29. The Morgan fingerprint density at radius 3 is 2.62 bits per heavy atom. The van der Waals surface area contributed by atoms with Crippen LogP contribution in [0.3, 0.4) is 0 Å². The molecule has 112 valence electrons. The number of thioether (sulfide) groups is 1. The number of hydrogen-bond acceptors (Lipinski definition) is 5. The second kappa shape index (κ2) is 8.22. The van der Waals surface area contributed by atoms with Crippen LogP contribution < -0.4 is 10.1 Å². The fraction of sp³-hybridized carbons (Fsp3) is 0.333. The molecule has 1 atom stereocenters. The molecule has 0 saturated carbocycles. The minimum atomic E-state index is 0.0827. The third-order valence-electron chi connectivity index (χ3n) is 2.90. The molecule has 0 spiro atoms. The molecular weight excluding hydrogens is 306 g/mol. The van der Waals surface area contributed by atoms with E-state index >= 15 is 0 Å². The van der Waals surface area contributed by atoms with E-state index in [0.717, 1.165) is 23.0 Å². The summed E-state index contributed by atoms with van der Waals surface area (Å²) in [5.74, 6) is 1.41. The quantitative estimate of drug-likeness (QED) is 0.789. The molecule has 0 bridgehead atoms. The highest BCUT2D eigenvalue weighted by molar-refractivity contribution is 7.99. The first-order chi connectivity index (χ1) is 10.2. The van der Waals surface area contributed by atoms with E-state index in [1.807, 2.05) is 24.3 Å². The molecular formula is C15H18ClN3OS. The van der Waals surface area contributed by atoms with Crippen molar-refractivity contribution in [3.8, 4) is 5.88 Å². The highest BCUT2D eigenvalue weighted by Crippen LogP contribution is 2.28. The molecule has 0 amide bonds. The largest absolute Gasteiger partial charge is 0.480 e. The highest BCUT2D eigenvalue weighted by Gasteiger charge is 2.18. The van der Waals surface area contributed by atoms with Crippen molar-refractivity contribution in [2.75, 3.05) is 19.4 Å². The molecule has 1 unspecified atom stereocenters. The first-order valence-corrected chi connectivity index (χ1v) is 8.07. The van der Waals surface area contributed by atoms with Gasteiger partial charge in [0.2, 0.25) is 5.88 Å². The van der Waals surface area contributed by atoms with Gasteiger partial charge in [0.1, 0.15) is 5.69 Å². The molecule has 21 heavy (non-hydrogen) atoms. The van der Waals surface area contributed by atoms with Crippen molar-refractivity contribution in [3.63, 3.8) is 0 Å². The van der Waals surface area contributed by atoms with Crippen molar-refractivity contribution in [2.45, 2.75) is 17.9 Å². The fourth-order valence-corrected chi connectivity index (χ4v) is 3.01. The van der Waals surface area contributed by atoms with Crippen LogP contribution in [0.2, 0.25) is 5.02 Å². The average molecular weight is 324 g/mol. The van der Waals surface area contributed by atoms with E-state index in [-0.39, 0.29) is 6.04 Å². The van der Waals surface area contributed by atoms with E-state index in [4.69, 9.17) is 16.3 Å². The molecule has 0 radical (unpaired) electrons. The Morgan fingerprint density at radius 2 is 1.95 bits per heavy atom. The molecule has 1 aromatic heterocycles. The molecule has 1 N–H and O–H groups in total. The Hall–Kier alpha value is -1.30. The minimum absolute atomic E-state index is 0.0827. The van der Waals surface area contributed by atoms with Crippen molar-refractivity contribution in [1.29, 1.82) is 0 Å². The Bertz CT molecular complexity index is 565. The topological polar surface area (TPSA) is 47.0 Å². The lowest BCUT2D eigenvalue weighted by atomic mass is 10.2. The Morgan fingerprint density at radius 1 is 1.24 bits per heavy atom. The third kappa shape index (κ3) is 4.59. The van der Waals surface area contributed by atoms with Crippen LogP contribution in [0.4, 0.5) is 0 Å². The van der Waals surface area contributed by atoms with E-state index in [0.29, 0.717) is 5.88 Å². The average Bonchev–Trinajstić information content (AvgIpc) is 2.53. The van der Waals surface area contributed by atoms with Crippen LogP contribution in [-0.4, -0.2) is 29.4 Å². The Labute approximate surface area is 134 Å². The number of aromatic nitrogens is 2. The van der Waals surface area contributed by atoms with E-state index < -0.39 is 0 Å². The fourth-order valence-electron chi connectivity index (χ4n) is 1.92. The summed E-state index contributed by atoms with van der Waals surface area (Å²) in [7, 11) is 1.61. The molecule has 0 fully saturated rings. The smallest absolute Gasteiger partial charge is 0.237 e. The molecule has 0 aliphatic rings. The number of halogens is 1. The number of nitrogens with zero attached hydrogens (tertiary/aromatic N) is 2. The van der Waals surface area contributed by atoms with Crippen molar-refractivity contribution in [2.24, 2.45) is 0 Å². The van der Waals surface area contributed by atoms with E-state index in [1.54, 1.807) is 31.3 Å². The first kappa shape index (κ1) is 16.1. The zero-order valence-corrected chi connectivity index (χ0v) is 13.6. The molecule has 6 heteroatoms. The van der Waals surface area contributed by atoms with Crippen LogP contribution in [0, 0.1) is 0 Å². The van der Waals surface area contributed by atoms with Crippen LogP contribution in [-0.2, 0) is 0 Å². The molecule has 0 aliphatic heterocycles. The molecule has 0 saturated heterocycles. The maximum absolute atomic E-state index is 5.90. The number of methoxy groups -OCH3 is 1. The van der Waals surface area contributed by atoms with Crippen LogP contribution in [0.25, 0.3) is 0 Å². The summed E-state index contributed by atoms with van der Waals surface area (Å²) in [6, 6.07) is 7.91. The predicted molar refractivity (Wildman–Crippen MR) is 87.2 cm³/mol. The third-order valence-corrected chi connectivity index (χ3v) is 4.25. The van der Waals surface area contributed by atoms with E-state index in [9.17, 15) is 0 Å². The van der Waals surface area contributed by atoms with Crippen LogP contribution >= 0.6 is 23.4 Å². The summed E-state index contributed by atoms with van der Waals surface area (Å²) in [6.45, 7) is 2.92. The Balaban J connectivity index is 2.10. The molecule has 4 nitrogen and oxygen atoms in total. The highest BCUT2D eigenvalue weighted by atomic mass is 35.5. The normalized spacial score (nSPS) is 12.1. The monoisotopic (exact) mass is 323 g/mol. The second-order valence-electron chi connectivity index (χ2n) is 4.33. The van der Waals surface area contributed by atoms with Gasteiger partial charge in [0.15, 0.2) is 0 Å². The maximum atomic E-state index is 5.90. The zero-order valence-electron chi connectivity index (χ0n) is 12.0. The number of nitrogens with one attached hydrogen (secondary N) is 1. The van der Waals surface area contributed by atoms with Gasteiger partial charge in [-0.3, -0.25) is 4.98 Å². The summed E-state index contributed by atoms with van der Waals surface area (Å²) in [5.41, 5.74) is 0.836. The van der Waals surface area contributed by atoms with E-state index in [1.165, 1.54) is 4.90 Å². The van der Waals surface area contributed by atoms with Gasteiger partial charge in [0.05, 0.1) is 13.2 Å². The number of ether oxygens (including phenoxy) is 1. The lowest BCUT2D eigenvalue weighted by Crippen LogP contribution is -2.24. The SMILES string of the molecule is CCNC(CSc1ccc(Cl)cc1)c1nccnc1OC. The van der Waals surface area contributed by atoms with Gasteiger partial charge in [0, 0.05) is 28.1 Å². The summed E-state index contributed by atoms with van der Waals surface area (Å²) in [6.07, 6.45) is 3.33. The summed E-state index contributed by atoms with van der Waals surface area (Å²) < 4.78 is 5.30. The summed E-state index contributed by atoms with van der Waals surface area (Å²) in [4.78, 5) is 9.80. The second-order valence-corrected chi connectivity index (χ2v) is 5.86. The van der Waals surface area contributed by atoms with Crippen LogP contribution in [0.15, 0.2) is 41.6 Å². The van der Waals surface area contributed by atoms with E-state index in [2.05, 4.69) is 22.2 Å². The number of benzene rings is 1. The van der Waals surface area contributed by atoms with Gasteiger partial charge in [0.25, 0.3) is 0 Å². The van der Waals surface area contributed by atoms with Gasteiger partial charge in [-0.2, -0.15) is 0 Å². The van der Waals surface area contributed by atoms with Crippen molar-refractivity contribution < 1.29 is 4.74 Å². The maximum Gasteiger partial charge on any atom is 0.237 e. The lowest BCUT2D eigenvalue weighted by Gasteiger charge is -2.18. The van der Waals surface area contributed by atoms with Gasteiger partial charge in [-0.25, -0.2) is 4.98 Å². The van der Waals surface area contributed by atoms with Crippen molar-refractivity contribution in [1.82, 2.24) is 15.3 Å². The van der Waals surface area contributed by atoms with Gasteiger partial charge in [-0.1, -0.05) is 18.5 Å². The zero-order chi connectivity index (χ0) is 15.1. The van der Waals surface area contributed by atoms with Gasteiger partial charge < -0.3 is 10.1 Å². The summed E-state index contributed by atoms with van der Waals surface area (Å²) in [5, 5.41) is 4.17. The molecule has 0 aliphatic carbocycles. The summed E-state index contributed by atoms with van der Waals surface area (Å²) >= 11 is 7.65. The molecule has 1 aromatic carbocycles. The van der Waals surface area contributed by atoms with Crippen molar-refractivity contribution in [3.05, 3.63) is 47.4 Å². The lowest BCUT2D eigenvalue weighted by molar-refractivity contribution is 0.381.